The zero-order valence-corrected chi connectivity index (χ0v) is 17.6. The molecule has 0 aliphatic carbocycles. The van der Waals surface area contributed by atoms with Gasteiger partial charge < -0.3 is 4.18 Å². The lowest BCUT2D eigenvalue weighted by atomic mass is 10.0. The Hall–Kier alpha value is -2.01. The minimum absolute atomic E-state index is 0.0534. The Morgan fingerprint density at radius 1 is 0.893 bits per heavy atom. The highest BCUT2D eigenvalue weighted by Crippen LogP contribution is 2.35. The van der Waals surface area contributed by atoms with E-state index in [1.165, 1.54) is 56.6 Å². The van der Waals surface area contributed by atoms with Crippen molar-refractivity contribution in [1.82, 2.24) is 0 Å². The highest BCUT2D eigenvalue weighted by molar-refractivity contribution is 7.94. The summed E-state index contributed by atoms with van der Waals surface area (Å²) < 4.78 is 5.83. The Balaban J connectivity index is 1.86. The molecular weight excluding hydrogens is 370 g/mol. The second kappa shape index (κ2) is 13.2. The van der Waals surface area contributed by atoms with E-state index in [9.17, 15) is 10.1 Å². The first-order chi connectivity index (χ1) is 13.7. The average molecular weight is 402 g/mol. The summed E-state index contributed by atoms with van der Waals surface area (Å²) in [6, 6.07) is 15.2. The minimum atomic E-state index is -0.352. The zero-order chi connectivity index (χ0) is 20.0. The van der Waals surface area contributed by atoms with Crippen molar-refractivity contribution in [1.29, 1.82) is 0 Å². The zero-order valence-electron chi connectivity index (χ0n) is 16.8. The fourth-order valence-electron chi connectivity index (χ4n) is 3.19. The van der Waals surface area contributed by atoms with Crippen LogP contribution < -0.4 is 4.18 Å². The SMILES string of the molecule is CCCCCCCCCCc1cccc([N+](=O)[O-])c1OSCc1ccccc1. The molecule has 2 aromatic carbocycles. The average Bonchev–Trinajstić information content (AvgIpc) is 2.71. The molecule has 28 heavy (non-hydrogen) atoms. The van der Waals surface area contributed by atoms with Crippen molar-refractivity contribution >= 4 is 17.7 Å². The molecule has 0 N–H and O–H groups in total. The molecule has 5 heteroatoms. The summed E-state index contributed by atoms with van der Waals surface area (Å²) in [6.07, 6.45) is 10.8. The van der Waals surface area contributed by atoms with Gasteiger partial charge in [0.1, 0.15) is 0 Å². The molecular formula is C23H31NO3S. The number of nitro benzene ring substituents is 1. The molecule has 0 amide bonds. The van der Waals surface area contributed by atoms with Gasteiger partial charge in [-0.25, -0.2) is 0 Å². The Kier molecular flexibility index (Phi) is 10.5. The molecule has 0 fully saturated rings. The number of benzene rings is 2. The number of hydrogen-bond donors (Lipinski definition) is 0. The number of nitro groups is 1. The summed E-state index contributed by atoms with van der Waals surface area (Å²) in [5.74, 6) is 1.07. The van der Waals surface area contributed by atoms with Crippen molar-refractivity contribution in [3.05, 3.63) is 69.8 Å². The first-order valence-electron chi connectivity index (χ1n) is 10.3. The van der Waals surface area contributed by atoms with Crippen molar-refractivity contribution in [3.63, 3.8) is 0 Å². The molecule has 0 heterocycles. The lowest BCUT2D eigenvalue weighted by Crippen LogP contribution is -1.98. The van der Waals surface area contributed by atoms with E-state index in [0.29, 0.717) is 11.5 Å². The van der Waals surface area contributed by atoms with Crippen LogP contribution in [0.1, 0.15) is 69.4 Å². The van der Waals surface area contributed by atoms with Gasteiger partial charge in [0.2, 0.25) is 5.75 Å². The second-order valence-corrected chi connectivity index (χ2v) is 7.77. The maximum absolute atomic E-state index is 11.4. The molecule has 0 radical (unpaired) electrons. The van der Waals surface area contributed by atoms with Gasteiger partial charge in [0.15, 0.2) is 0 Å². The molecule has 4 nitrogen and oxygen atoms in total. The fraction of sp³-hybridized carbons (Fsp3) is 0.478. The van der Waals surface area contributed by atoms with Crippen LogP contribution in [-0.2, 0) is 12.2 Å². The first-order valence-corrected chi connectivity index (χ1v) is 11.2. The minimum Gasteiger partial charge on any atom is -0.418 e. The van der Waals surface area contributed by atoms with Crippen LogP contribution in [-0.4, -0.2) is 4.92 Å². The van der Waals surface area contributed by atoms with Gasteiger partial charge in [-0.15, -0.1) is 0 Å². The van der Waals surface area contributed by atoms with Crippen LogP contribution >= 0.6 is 12.0 Å². The molecule has 2 aromatic rings. The van der Waals surface area contributed by atoms with E-state index in [2.05, 4.69) is 6.92 Å². The Morgan fingerprint density at radius 2 is 1.57 bits per heavy atom. The van der Waals surface area contributed by atoms with E-state index < -0.39 is 0 Å². The van der Waals surface area contributed by atoms with Crippen LogP contribution in [0.25, 0.3) is 0 Å². The summed E-state index contributed by atoms with van der Waals surface area (Å²) in [6.45, 7) is 2.23. The summed E-state index contributed by atoms with van der Waals surface area (Å²) in [5.41, 5.74) is 2.12. The van der Waals surface area contributed by atoms with E-state index in [-0.39, 0.29) is 10.6 Å². The van der Waals surface area contributed by atoms with Gasteiger partial charge in [-0.2, -0.15) is 0 Å². The molecule has 0 spiro atoms. The molecule has 152 valence electrons. The van der Waals surface area contributed by atoms with Gasteiger partial charge in [-0.05, 0) is 18.4 Å². The summed E-state index contributed by atoms with van der Waals surface area (Å²) in [7, 11) is 0. The van der Waals surface area contributed by atoms with Crippen molar-refractivity contribution in [3.8, 4) is 5.75 Å². The molecule has 0 aliphatic heterocycles. The fourth-order valence-corrected chi connectivity index (χ4v) is 3.89. The molecule has 0 aliphatic rings. The Labute approximate surface area is 173 Å². The maximum atomic E-state index is 11.4. The number of unbranched alkanes of at least 4 members (excludes halogenated alkanes) is 7. The summed E-state index contributed by atoms with van der Waals surface area (Å²) >= 11 is 1.26. The number of aryl methyl sites for hydroxylation is 1. The molecule has 0 bridgehead atoms. The lowest BCUT2D eigenvalue weighted by Gasteiger charge is -2.10. The molecule has 0 atom stereocenters. The summed E-state index contributed by atoms with van der Waals surface area (Å²) in [5, 5.41) is 11.4. The van der Waals surface area contributed by atoms with Gasteiger partial charge in [0, 0.05) is 11.6 Å². The largest absolute Gasteiger partial charge is 0.418 e. The maximum Gasteiger partial charge on any atom is 0.312 e. The molecule has 0 aromatic heterocycles. The van der Waals surface area contributed by atoms with Crippen LogP contribution in [0.5, 0.6) is 5.75 Å². The van der Waals surface area contributed by atoms with Crippen molar-refractivity contribution in [2.45, 2.75) is 70.5 Å². The van der Waals surface area contributed by atoms with Gasteiger partial charge in [-0.1, -0.05) is 94.3 Å². The number of rotatable bonds is 14. The Morgan fingerprint density at radius 3 is 2.25 bits per heavy atom. The van der Waals surface area contributed by atoms with Crippen LogP contribution in [0.4, 0.5) is 5.69 Å². The van der Waals surface area contributed by atoms with Crippen molar-refractivity contribution in [2.75, 3.05) is 0 Å². The predicted octanol–water partition coefficient (Wildman–Crippen LogP) is 7.51. The monoisotopic (exact) mass is 401 g/mol. The Bertz CT molecular complexity index is 706. The van der Waals surface area contributed by atoms with E-state index in [1.807, 2.05) is 36.4 Å². The van der Waals surface area contributed by atoms with Gasteiger partial charge in [-0.3, -0.25) is 10.1 Å². The first kappa shape index (κ1) is 22.3. The normalized spacial score (nSPS) is 10.8. The molecule has 2 rings (SSSR count). The second-order valence-electron chi connectivity index (χ2n) is 7.08. The number of para-hydroxylation sites is 1. The quantitative estimate of drug-likeness (QED) is 0.142. The molecule has 0 saturated carbocycles. The number of nitrogens with zero attached hydrogens (tertiary/aromatic N) is 1. The highest BCUT2D eigenvalue weighted by atomic mass is 32.2. The third-order valence-electron chi connectivity index (χ3n) is 4.78. The predicted molar refractivity (Wildman–Crippen MR) is 118 cm³/mol. The number of hydrogen-bond acceptors (Lipinski definition) is 4. The van der Waals surface area contributed by atoms with E-state index in [4.69, 9.17) is 4.18 Å². The van der Waals surface area contributed by atoms with E-state index >= 15 is 0 Å². The van der Waals surface area contributed by atoms with E-state index in [1.54, 1.807) is 6.07 Å². The van der Waals surface area contributed by atoms with Crippen molar-refractivity contribution in [2.24, 2.45) is 0 Å². The topological polar surface area (TPSA) is 52.4 Å². The van der Waals surface area contributed by atoms with Gasteiger partial charge >= 0.3 is 5.69 Å². The van der Waals surface area contributed by atoms with Crippen LogP contribution in [0.3, 0.4) is 0 Å². The van der Waals surface area contributed by atoms with E-state index in [0.717, 1.165) is 30.4 Å². The van der Waals surface area contributed by atoms with Crippen LogP contribution in [0.2, 0.25) is 0 Å². The van der Waals surface area contributed by atoms with Crippen molar-refractivity contribution < 1.29 is 9.11 Å². The highest BCUT2D eigenvalue weighted by Gasteiger charge is 2.19. The summed E-state index contributed by atoms with van der Waals surface area (Å²) in [4.78, 5) is 11.1. The molecule has 0 saturated heterocycles. The third-order valence-corrected chi connectivity index (χ3v) is 5.52. The standard InChI is InChI=1S/C23H31NO3S/c1-2-3-4-5-6-7-8-12-16-21-17-13-18-22(24(25)26)23(21)27-28-19-20-14-10-9-11-15-20/h9-11,13-15,17-18H,2-8,12,16,19H2,1H3. The lowest BCUT2D eigenvalue weighted by molar-refractivity contribution is -0.385. The third kappa shape index (κ3) is 7.93. The molecule has 0 unspecified atom stereocenters. The smallest absolute Gasteiger partial charge is 0.312 e. The van der Waals surface area contributed by atoms with Gasteiger partial charge in [0.25, 0.3) is 0 Å². The van der Waals surface area contributed by atoms with Crippen LogP contribution in [0, 0.1) is 10.1 Å². The van der Waals surface area contributed by atoms with Gasteiger partial charge in [0.05, 0.1) is 22.7 Å². The van der Waals surface area contributed by atoms with Crippen LogP contribution in [0.15, 0.2) is 48.5 Å².